The quantitative estimate of drug-likeness (QED) is 0.802. The molecule has 2 heterocycles. The van der Waals surface area contributed by atoms with Crippen LogP contribution in [0.4, 0.5) is 5.69 Å². The molecule has 0 aliphatic carbocycles. The molecule has 0 bridgehead atoms. The van der Waals surface area contributed by atoms with Gasteiger partial charge in [0.15, 0.2) is 9.84 Å². The van der Waals surface area contributed by atoms with E-state index in [2.05, 4.69) is 15.5 Å². The van der Waals surface area contributed by atoms with E-state index in [1.165, 1.54) is 0 Å². The number of carbonyl (C=O) groups excluding carboxylic acids is 1. The minimum atomic E-state index is -3.02. The third-order valence-corrected chi connectivity index (χ3v) is 4.75. The maximum atomic E-state index is 11.9. The van der Waals surface area contributed by atoms with Gasteiger partial charge in [-0.3, -0.25) is 9.89 Å². The first kappa shape index (κ1) is 12.1. The van der Waals surface area contributed by atoms with Crippen LogP contribution in [0.25, 0.3) is 0 Å². The molecule has 1 aliphatic rings. The molecule has 1 atom stereocenters. The highest BCUT2D eigenvalue weighted by molar-refractivity contribution is 7.91. The van der Waals surface area contributed by atoms with Crippen LogP contribution in [-0.4, -0.2) is 36.0 Å². The van der Waals surface area contributed by atoms with Crippen molar-refractivity contribution in [3.05, 3.63) is 11.4 Å². The minimum Gasteiger partial charge on any atom is -0.323 e. The number of sulfone groups is 1. The summed E-state index contributed by atoms with van der Waals surface area (Å²) in [6, 6.07) is 0. The molecule has 2 N–H and O–H groups in total. The molecule has 0 radical (unpaired) electrons. The van der Waals surface area contributed by atoms with Gasteiger partial charge in [-0.05, 0) is 20.3 Å². The molecule has 6 nitrogen and oxygen atoms in total. The molecule has 1 amide bonds. The lowest BCUT2D eigenvalue weighted by atomic mass is 10.1. The molecule has 94 valence electrons. The fourth-order valence-electron chi connectivity index (χ4n) is 1.96. The normalized spacial score (nSPS) is 22.6. The third-order valence-electron chi connectivity index (χ3n) is 2.98. The Hall–Kier alpha value is -1.37. The first-order valence-corrected chi connectivity index (χ1v) is 7.24. The Morgan fingerprint density at radius 2 is 2.18 bits per heavy atom. The lowest BCUT2D eigenvalue weighted by Crippen LogP contribution is -2.24. The smallest absolute Gasteiger partial charge is 0.228 e. The van der Waals surface area contributed by atoms with E-state index in [0.717, 1.165) is 5.69 Å². The van der Waals surface area contributed by atoms with Crippen molar-refractivity contribution in [1.29, 1.82) is 0 Å². The van der Waals surface area contributed by atoms with Crippen molar-refractivity contribution >= 4 is 21.4 Å². The van der Waals surface area contributed by atoms with Crippen molar-refractivity contribution < 1.29 is 13.2 Å². The molecule has 1 aliphatic heterocycles. The van der Waals surface area contributed by atoms with E-state index in [1.807, 2.05) is 0 Å². The van der Waals surface area contributed by atoms with Gasteiger partial charge in [0, 0.05) is 0 Å². The van der Waals surface area contributed by atoms with E-state index in [0.29, 0.717) is 17.8 Å². The fourth-order valence-corrected chi connectivity index (χ4v) is 3.70. The van der Waals surface area contributed by atoms with Crippen LogP contribution in [0.2, 0.25) is 0 Å². The summed E-state index contributed by atoms with van der Waals surface area (Å²) in [6.07, 6.45) is 0.407. The van der Waals surface area contributed by atoms with E-state index < -0.39 is 15.8 Å². The first-order valence-electron chi connectivity index (χ1n) is 5.42. The van der Waals surface area contributed by atoms with Crippen molar-refractivity contribution in [2.75, 3.05) is 16.8 Å². The molecule has 0 spiro atoms. The van der Waals surface area contributed by atoms with Crippen molar-refractivity contribution in [3.63, 3.8) is 0 Å². The van der Waals surface area contributed by atoms with E-state index in [1.54, 1.807) is 13.8 Å². The zero-order valence-electron chi connectivity index (χ0n) is 9.78. The lowest BCUT2D eigenvalue weighted by Gasteiger charge is -2.09. The van der Waals surface area contributed by atoms with E-state index in [-0.39, 0.29) is 17.4 Å². The Bertz CT molecular complexity index is 528. The molecule has 1 saturated heterocycles. The van der Waals surface area contributed by atoms with Crippen LogP contribution in [0.1, 0.15) is 17.8 Å². The molecule has 1 aromatic rings. The predicted molar refractivity (Wildman–Crippen MR) is 63.5 cm³/mol. The Labute approximate surface area is 99.7 Å². The molecule has 0 aromatic carbocycles. The summed E-state index contributed by atoms with van der Waals surface area (Å²) in [4.78, 5) is 11.9. The SMILES string of the molecule is Cc1n[nH]c(C)c1NC(=O)C1CCS(=O)(=O)C1. The molecular formula is C10H15N3O3S. The molecule has 1 unspecified atom stereocenters. The van der Waals surface area contributed by atoms with E-state index in [4.69, 9.17) is 0 Å². The Morgan fingerprint density at radius 3 is 2.65 bits per heavy atom. The van der Waals surface area contributed by atoms with Crippen molar-refractivity contribution in [1.82, 2.24) is 10.2 Å². The highest BCUT2D eigenvalue weighted by Crippen LogP contribution is 2.22. The van der Waals surface area contributed by atoms with Gasteiger partial charge in [-0.2, -0.15) is 5.10 Å². The van der Waals surface area contributed by atoms with Gasteiger partial charge in [-0.1, -0.05) is 0 Å². The Morgan fingerprint density at radius 1 is 1.47 bits per heavy atom. The highest BCUT2D eigenvalue weighted by atomic mass is 32.2. The van der Waals surface area contributed by atoms with Crippen molar-refractivity contribution in [3.8, 4) is 0 Å². The number of hydrogen-bond donors (Lipinski definition) is 2. The summed E-state index contributed by atoms with van der Waals surface area (Å²) in [5, 5.41) is 9.47. The Balaban J connectivity index is 2.08. The maximum Gasteiger partial charge on any atom is 0.228 e. The number of nitrogens with one attached hydrogen (secondary N) is 2. The summed E-state index contributed by atoms with van der Waals surface area (Å²) >= 11 is 0. The molecule has 1 fully saturated rings. The predicted octanol–water partition coefficient (Wildman–Crippen LogP) is 0.400. The molecule has 7 heteroatoms. The van der Waals surface area contributed by atoms with Gasteiger partial charge in [0.2, 0.25) is 5.91 Å². The average molecular weight is 257 g/mol. The summed E-state index contributed by atoms with van der Waals surface area (Å²) < 4.78 is 22.6. The topological polar surface area (TPSA) is 91.9 Å². The van der Waals surface area contributed by atoms with E-state index in [9.17, 15) is 13.2 Å². The van der Waals surface area contributed by atoms with Crippen LogP contribution in [0.15, 0.2) is 0 Å². The summed E-state index contributed by atoms with van der Waals surface area (Å²) in [6.45, 7) is 3.59. The number of anilines is 1. The zero-order valence-corrected chi connectivity index (χ0v) is 10.6. The van der Waals surface area contributed by atoms with Gasteiger partial charge >= 0.3 is 0 Å². The van der Waals surface area contributed by atoms with Crippen LogP contribution in [0.3, 0.4) is 0 Å². The maximum absolute atomic E-state index is 11.9. The van der Waals surface area contributed by atoms with Gasteiger partial charge in [0.1, 0.15) is 0 Å². The number of aryl methyl sites for hydroxylation is 2. The number of aromatic amines is 1. The number of aromatic nitrogens is 2. The van der Waals surface area contributed by atoms with Crippen LogP contribution in [-0.2, 0) is 14.6 Å². The highest BCUT2D eigenvalue weighted by Gasteiger charge is 2.33. The molecule has 17 heavy (non-hydrogen) atoms. The molecule has 2 rings (SSSR count). The second-order valence-electron chi connectivity index (χ2n) is 4.40. The number of rotatable bonds is 2. The van der Waals surface area contributed by atoms with Crippen LogP contribution in [0, 0.1) is 19.8 Å². The standard InChI is InChI=1S/C10H15N3O3S/c1-6-9(7(2)13-12-6)11-10(14)8-3-4-17(15,16)5-8/h8H,3-5H2,1-2H3,(H,11,14)(H,12,13). The number of H-pyrrole nitrogens is 1. The van der Waals surface area contributed by atoms with Gasteiger partial charge < -0.3 is 5.32 Å². The van der Waals surface area contributed by atoms with Crippen LogP contribution >= 0.6 is 0 Å². The van der Waals surface area contributed by atoms with Crippen molar-refractivity contribution in [2.45, 2.75) is 20.3 Å². The van der Waals surface area contributed by atoms with Gasteiger partial charge in [0.25, 0.3) is 0 Å². The summed E-state index contributed by atoms with van der Waals surface area (Å²) in [5.74, 6) is -0.615. The summed E-state index contributed by atoms with van der Waals surface area (Å²) in [7, 11) is -3.02. The van der Waals surface area contributed by atoms with E-state index >= 15 is 0 Å². The molecular weight excluding hydrogens is 242 g/mol. The molecule has 0 saturated carbocycles. The minimum absolute atomic E-state index is 0.0468. The van der Waals surface area contributed by atoms with Gasteiger partial charge in [-0.25, -0.2) is 8.42 Å². The fraction of sp³-hybridized carbons (Fsp3) is 0.600. The number of nitrogens with zero attached hydrogens (tertiary/aromatic N) is 1. The van der Waals surface area contributed by atoms with Gasteiger partial charge in [-0.15, -0.1) is 0 Å². The zero-order chi connectivity index (χ0) is 12.6. The second kappa shape index (κ2) is 4.14. The first-order chi connectivity index (χ1) is 7.89. The monoisotopic (exact) mass is 257 g/mol. The average Bonchev–Trinajstić information content (AvgIpc) is 2.75. The number of amides is 1. The van der Waals surface area contributed by atoms with Crippen molar-refractivity contribution in [2.24, 2.45) is 5.92 Å². The second-order valence-corrected chi connectivity index (χ2v) is 6.63. The Kier molecular flexibility index (Phi) is 2.94. The number of carbonyl (C=O) groups is 1. The third kappa shape index (κ3) is 2.49. The largest absolute Gasteiger partial charge is 0.323 e. The number of hydrogen-bond acceptors (Lipinski definition) is 4. The van der Waals surface area contributed by atoms with Gasteiger partial charge in [0.05, 0.1) is 34.5 Å². The lowest BCUT2D eigenvalue weighted by molar-refractivity contribution is -0.119. The van der Waals surface area contributed by atoms with Crippen LogP contribution in [0.5, 0.6) is 0 Å². The molecule has 1 aromatic heterocycles. The van der Waals surface area contributed by atoms with Crippen LogP contribution < -0.4 is 5.32 Å². The summed E-state index contributed by atoms with van der Waals surface area (Å²) in [5.41, 5.74) is 2.13.